The van der Waals surface area contributed by atoms with Crippen molar-refractivity contribution in [2.24, 2.45) is 0 Å². The number of carbonyl (C=O) groups is 1. The van der Waals surface area contributed by atoms with Crippen molar-refractivity contribution < 1.29 is 4.79 Å². The van der Waals surface area contributed by atoms with Crippen LogP contribution in [0, 0.1) is 13.8 Å². The Labute approximate surface area is 163 Å². The zero-order valence-electron chi connectivity index (χ0n) is 14.7. The minimum atomic E-state index is -0.309. The third kappa shape index (κ3) is 3.41. The second-order valence-electron chi connectivity index (χ2n) is 6.09. The lowest BCUT2D eigenvalue weighted by Gasteiger charge is -2.05. The summed E-state index contributed by atoms with van der Waals surface area (Å²) in [6.45, 7) is 3.77. The van der Waals surface area contributed by atoms with Crippen molar-refractivity contribution in [2.75, 3.05) is 5.32 Å². The van der Waals surface area contributed by atoms with Crippen molar-refractivity contribution in [3.8, 4) is 11.3 Å². The van der Waals surface area contributed by atoms with E-state index in [9.17, 15) is 9.59 Å². The molecule has 136 valence electrons. The summed E-state index contributed by atoms with van der Waals surface area (Å²) in [7, 11) is 0. The monoisotopic (exact) mass is 396 g/mol. The molecule has 1 aromatic carbocycles. The quantitative estimate of drug-likeness (QED) is 0.569. The number of thiazole rings is 1. The van der Waals surface area contributed by atoms with Crippen LogP contribution in [0.1, 0.15) is 10.4 Å². The maximum atomic E-state index is 12.7. The summed E-state index contributed by atoms with van der Waals surface area (Å²) in [5, 5.41) is 5.74. The van der Waals surface area contributed by atoms with Gasteiger partial charge < -0.3 is 5.32 Å². The first-order chi connectivity index (χ1) is 13.0. The number of rotatable bonds is 4. The van der Waals surface area contributed by atoms with Crippen molar-refractivity contribution in [1.29, 1.82) is 0 Å². The van der Waals surface area contributed by atoms with Gasteiger partial charge in [0.05, 0.1) is 17.4 Å². The molecule has 27 heavy (non-hydrogen) atoms. The summed E-state index contributed by atoms with van der Waals surface area (Å²) in [5.41, 5.74) is 2.53. The van der Waals surface area contributed by atoms with Gasteiger partial charge in [-0.1, -0.05) is 30.3 Å². The van der Waals surface area contributed by atoms with E-state index in [1.165, 1.54) is 33.6 Å². The van der Waals surface area contributed by atoms with Gasteiger partial charge in [-0.15, -0.1) is 22.7 Å². The molecule has 0 aliphatic rings. The molecule has 4 rings (SSSR count). The van der Waals surface area contributed by atoms with Gasteiger partial charge in [-0.05, 0) is 19.4 Å². The molecular formula is C19H16N4O2S2. The number of benzene rings is 1. The van der Waals surface area contributed by atoms with Crippen LogP contribution in [0.5, 0.6) is 0 Å². The summed E-state index contributed by atoms with van der Waals surface area (Å²) in [6, 6.07) is 9.75. The second-order valence-corrected chi connectivity index (χ2v) is 8.15. The van der Waals surface area contributed by atoms with Crippen LogP contribution < -0.4 is 10.9 Å². The molecular weight excluding hydrogens is 380 g/mol. The fourth-order valence-corrected chi connectivity index (χ4v) is 4.49. The van der Waals surface area contributed by atoms with E-state index >= 15 is 0 Å². The number of aromatic nitrogens is 3. The van der Waals surface area contributed by atoms with Crippen LogP contribution in [-0.4, -0.2) is 20.4 Å². The molecule has 0 unspecified atom stereocenters. The van der Waals surface area contributed by atoms with E-state index in [-0.39, 0.29) is 18.0 Å². The fourth-order valence-electron chi connectivity index (χ4n) is 2.77. The van der Waals surface area contributed by atoms with Crippen LogP contribution >= 0.6 is 22.7 Å². The van der Waals surface area contributed by atoms with E-state index < -0.39 is 0 Å². The van der Waals surface area contributed by atoms with E-state index in [0.29, 0.717) is 15.3 Å². The van der Waals surface area contributed by atoms with E-state index in [0.717, 1.165) is 21.7 Å². The molecule has 4 aromatic rings. The number of aryl methyl sites for hydroxylation is 2. The van der Waals surface area contributed by atoms with Crippen LogP contribution in [0.3, 0.4) is 0 Å². The van der Waals surface area contributed by atoms with Crippen LogP contribution in [0.15, 0.2) is 46.8 Å². The smallest absolute Gasteiger partial charge is 0.262 e. The van der Waals surface area contributed by atoms with Crippen molar-refractivity contribution in [2.45, 2.75) is 20.4 Å². The lowest BCUT2D eigenvalue weighted by Crippen LogP contribution is -2.27. The Balaban J connectivity index is 1.53. The number of anilines is 1. The third-order valence-electron chi connectivity index (χ3n) is 4.29. The molecule has 0 fully saturated rings. The Kier molecular flexibility index (Phi) is 4.59. The second kappa shape index (κ2) is 7.05. The molecule has 0 bridgehead atoms. The molecule has 0 saturated carbocycles. The molecule has 3 aromatic heterocycles. The number of nitrogens with one attached hydrogen (secondary N) is 1. The van der Waals surface area contributed by atoms with Gasteiger partial charge in [-0.2, -0.15) is 0 Å². The Morgan fingerprint density at radius 3 is 2.78 bits per heavy atom. The van der Waals surface area contributed by atoms with Crippen molar-refractivity contribution in [1.82, 2.24) is 14.5 Å². The summed E-state index contributed by atoms with van der Waals surface area (Å²) >= 11 is 2.84. The summed E-state index contributed by atoms with van der Waals surface area (Å²) in [5.74, 6) is -0.309. The SMILES string of the molecule is Cc1sc2ncn(CC(=O)Nc3nc(-c4ccccc4)cs3)c(=O)c2c1C. The zero-order chi connectivity index (χ0) is 19.0. The number of hydrogen-bond acceptors (Lipinski definition) is 6. The predicted molar refractivity (Wildman–Crippen MR) is 110 cm³/mol. The van der Waals surface area contributed by atoms with E-state index in [1.54, 1.807) is 0 Å². The largest absolute Gasteiger partial charge is 0.300 e. The van der Waals surface area contributed by atoms with Gasteiger partial charge in [0.15, 0.2) is 5.13 Å². The van der Waals surface area contributed by atoms with Gasteiger partial charge in [0.2, 0.25) is 5.91 Å². The summed E-state index contributed by atoms with van der Waals surface area (Å²) < 4.78 is 1.34. The topological polar surface area (TPSA) is 76.9 Å². The van der Waals surface area contributed by atoms with Crippen LogP contribution in [0.25, 0.3) is 21.5 Å². The fraction of sp³-hybridized carbons (Fsp3) is 0.158. The lowest BCUT2D eigenvalue weighted by molar-refractivity contribution is -0.116. The Morgan fingerprint density at radius 2 is 2.00 bits per heavy atom. The highest BCUT2D eigenvalue weighted by molar-refractivity contribution is 7.18. The molecule has 0 saturated heterocycles. The first-order valence-corrected chi connectivity index (χ1v) is 9.98. The number of carbonyl (C=O) groups excluding carboxylic acids is 1. The standard InChI is InChI=1S/C19H16N4O2S2/c1-11-12(2)27-17-16(11)18(25)23(10-20-17)8-15(24)22-19-21-14(9-26-19)13-6-4-3-5-7-13/h3-7,9-10H,8H2,1-2H3,(H,21,22,24). The Hall–Kier alpha value is -2.84. The van der Waals surface area contributed by atoms with Crippen molar-refractivity contribution >= 4 is 43.9 Å². The van der Waals surface area contributed by atoms with Crippen LogP contribution in [-0.2, 0) is 11.3 Å². The molecule has 0 spiro atoms. The first-order valence-electron chi connectivity index (χ1n) is 8.29. The van der Waals surface area contributed by atoms with Gasteiger partial charge in [-0.25, -0.2) is 9.97 Å². The molecule has 0 aliphatic carbocycles. The maximum Gasteiger partial charge on any atom is 0.262 e. The van der Waals surface area contributed by atoms with Crippen LogP contribution in [0.4, 0.5) is 5.13 Å². The number of hydrogen-bond donors (Lipinski definition) is 1. The van der Waals surface area contributed by atoms with E-state index in [4.69, 9.17) is 0 Å². The van der Waals surface area contributed by atoms with Crippen molar-refractivity contribution in [3.63, 3.8) is 0 Å². The third-order valence-corrected chi connectivity index (χ3v) is 6.16. The average Bonchev–Trinajstić information content (AvgIpc) is 3.23. The summed E-state index contributed by atoms with van der Waals surface area (Å²) in [4.78, 5) is 35.6. The van der Waals surface area contributed by atoms with Gasteiger partial charge >= 0.3 is 0 Å². The highest BCUT2D eigenvalue weighted by Gasteiger charge is 2.14. The predicted octanol–water partition coefficient (Wildman–Crippen LogP) is 3.84. The minimum absolute atomic E-state index is 0.101. The van der Waals surface area contributed by atoms with Gasteiger partial charge in [0.25, 0.3) is 5.56 Å². The van der Waals surface area contributed by atoms with E-state index in [1.807, 2.05) is 49.6 Å². The van der Waals surface area contributed by atoms with Gasteiger partial charge in [-0.3, -0.25) is 14.2 Å². The number of amides is 1. The lowest BCUT2D eigenvalue weighted by atomic mass is 10.2. The normalized spacial score (nSPS) is 11.0. The number of fused-ring (bicyclic) bond motifs is 1. The summed E-state index contributed by atoms with van der Waals surface area (Å²) in [6.07, 6.45) is 1.43. The molecule has 8 heteroatoms. The molecule has 6 nitrogen and oxygen atoms in total. The first kappa shape index (κ1) is 17.6. The maximum absolute atomic E-state index is 12.7. The number of thiophene rings is 1. The molecule has 0 aliphatic heterocycles. The average molecular weight is 396 g/mol. The molecule has 3 heterocycles. The molecule has 0 atom stereocenters. The Morgan fingerprint density at radius 1 is 1.22 bits per heavy atom. The van der Waals surface area contributed by atoms with Gasteiger partial charge in [0.1, 0.15) is 11.4 Å². The molecule has 1 N–H and O–H groups in total. The number of nitrogens with zero attached hydrogens (tertiary/aromatic N) is 3. The minimum Gasteiger partial charge on any atom is -0.300 e. The highest BCUT2D eigenvalue weighted by atomic mass is 32.1. The van der Waals surface area contributed by atoms with Gasteiger partial charge in [0, 0.05) is 15.8 Å². The Bertz CT molecular complexity index is 1190. The van der Waals surface area contributed by atoms with Crippen LogP contribution in [0.2, 0.25) is 0 Å². The van der Waals surface area contributed by atoms with E-state index in [2.05, 4.69) is 15.3 Å². The highest BCUT2D eigenvalue weighted by Crippen LogP contribution is 2.26. The van der Waals surface area contributed by atoms with Crippen molar-refractivity contribution in [3.05, 3.63) is 62.8 Å². The zero-order valence-corrected chi connectivity index (χ0v) is 16.4. The molecule has 0 radical (unpaired) electrons. The molecule has 1 amide bonds.